The lowest BCUT2D eigenvalue weighted by atomic mass is 10.4. The Morgan fingerprint density at radius 2 is 1.50 bits per heavy atom. The zero-order valence-corrected chi connectivity index (χ0v) is 14.5. The van der Waals surface area contributed by atoms with Crippen molar-refractivity contribution in [3.05, 3.63) is 0 Å². The Bertz CT molecular complexity index is 528. The Labute approximate surface area is 144 Å². The molecule has 9 nitrogen and oxygen atoms in total. The van der Waals surface area contributed by atoms with Crippen LogP contribution in [-0.2, 0) is 19.0 Å². The number of ether oxygens (including phenoxy) is 3. The van der Waals surface area contributed by atoms with Crippen molar-refractivity contribution in [2.24, 2.45) is 0 Å². The van der Waals surface area contributed by atoms with Gasteiger partial charge in [0.05, 0.1) is 39.3 Å². The number of thioether (sulfide) groups is 1. The monoisotopic (exact) mass is 355 g/mol. The number of hydrogen-bond acceptors (Lipinski definition) is 10. The maximum atomic E-state index is 11.4. The van der Waals surface area contributed by atoms with Crippen LogP contribution in [0.2, 0.25) is 0 Å². The van der Waals surface area contributed by atoms with Crippen molar-refractivity contribution in [3.8, 4) is 0 Å². The van der Waals surface area contributed by atoms with Crippen LogP contribution in [0.4, 0.5) is 11.9 Å². The molecule has 0 atom stereocenters. The van der Waals surface area contributed by atoms with Crippen molar-refractivity contribution < 1.29 is 19.0 Å². The van der Waals surface area contributed by atoms with E-state index in [1.807, 2.05) is 0 Å². The van der Waals surface area contributed by atoms with Crippen molar-refractivity contribution in [2.45, 2.75) is 5.16 Å². The molecule has 0 saturated carbocycles. The van der Waals surface area contributed by atoms with Gasteiger partial charge in [-0.3, -0.25) is 4.79 Å². The quantitative estimate of drug-likeness (QED) is 0.523. The molecule has 1 aromatic rings. The molecule has 2 aliphatic heterocycles. The molecule has 24 heavy (non-hydrogen) atoms. The van der Waals surface area contributed by atoms with Crippen molar-refractivity contribution >= 4 is 29.6 Å². The minimum atomic E-state index is -0.304. The largest absolute Gasteiger partial charge is 0.468 e. The third-order valence-electron chi connectivity index (χ3n) is 3.73. The Morgan fingerprint density at radius 1 is 1.00 bits per heavy atom. The summed E-state index contributed by atoms with van der Waals surface area (Å²) in [6, 6.07) is 0. The zero-order valence-electron chi connectivity index (χ0n) is 13.6. The average molecular weight is 355 g/mol. The number of aromatic nitrogens is 3. The third-order valence-corrected chi connectivity index (χ3v) is 4.55. The normalized spacial score (nSPS) is 18.5. The summed E-state index contributed by atoms with van der Waals surface area (Å²) in [6.45, 7) is 5.60. The average Bonchev–Trinajstić information content (AvgIpc) is 2.67. The first-order valence-electron chi connectivity index (χ1n) is 7.87. The van der Waals surface area contributed by atoms with Crippen molar-refractivity contribution in [1.82, 2.24) is 15.0 Å². The van der Waals surface area contributed by atoms with E-state index in [2.05, 4.69) is 29.5 Å². The van der Waals surface area contributed by atoms with Gasteiger partial charge in [-0.1, -0.05) is 11.8 Å². The summed E-state index contributed by atoms with van der Waals surface area (Å²) >= 11 is 1.26. The smallest absolute Gasteiger partial charge is 0.316 e. The van der Waals surface area contributed by atoms with Crippen molar-refractivity contribution in [3.63, 3.8) is 0 Å². The molecular formula is C14H21N5O4S. The minimum Gasteiger partial charge on any atom is -0.468 e. The number of methoxy groups -OCH3 is 1. The second-order valence-electron chi connectivity index (χ2n) is 5.28. The summed E-state index contributed by atoms with van der Waals surface area (Å²) < 4.78 is 15.5. The minimum absolute atomic E-state index is 0.172. The van der Waals surface area contributed by atoms with Gasteiger partial charge in [-0.2, -0.15) is 15.0 Å². The van der Waals surface area contributed by atoms with E-state index in [4.69, 9.17) is 9.47 Å². The van der Waals surface area contributed by atoms with Gasteiger partial charge in [-0.15, -0.1) is 0 Å². The number of rotatable bonds is 5. The summed E-state index contributed by atoms with van der Waals surface area (Å²) in [6.07, 6.45) is 0. The molecule has 0 aromatic carbocycles. The van der Waals surface area contributed by atoms with E-state index in [-0.39, 0.29) is 11.7 Å². The van der Waals surface area contributed by atoms with E-state index in [9.17, 15) is 4.79 Å². The SMILES string of the molecule is COC(=O)CSc1nc(N2CCOCC2)nc(N2CCOCC2)n1. The van der Waals surface area contributed by atoms with Crippen LogP contribution in [0.1, 0.15) is 0 Å². The molecule has 0 N–H and O–H groups in total. The highest BCUT2D eigenvalue weighted by Gasteiger charge is 2.21. The van der Waals surface area contributed by atoms with E-state index in [0.717, 1.165) is 26.2 Å². The summed E-state index contributed by atoms with van der Waals surface area (Å²) in [4.78, 5) is 29.2. The van der Waals surface area contributed by atoms with E-state index < -0.39 is 0 Å². The van der Waals surface area contributed by atoms with Crippen molar-refractivity contribution in [2.75, 3.05) is 75.3 Å². The van der Waals surface area contributed by atoms with Crippen LogP contribution in [0, 0.1) is 0 Å². The number of anilines is 2. The number of carbonyl (C=O) groups excluding carboxylic acids is 1. The van der Waals surface area contributed by atoms with E-state index in [0.29, 0.717) is 43.5 Å². The predicted octanol–water partition coefficient (Wildman–Crippen LogP) is -0.190. The second-order valence-corrected chi connectivity index (χ2v) is 6.22. The molecule has 0 spiro atoms. The summed E-state index contributed by atoms with van der Waals surface area (Å²) in [5.41, 5.74) is 0. The Balaban J connectivity index is 1.81. The number of morpholine rings is 2. The van der Waals surface area contributed by atoms with Gasteiger partial charge in [-0.05, 0) is 0 Å². The highest BCUT2D eigenvalue weighted by atomic mass is 32.2. The van der Waals surface area contributed by atoms with Gasteiger partial charge < -0.3 is 24.0 Å². The lowest BCUT2D eigenvalue weighted by Crippen LogP contribution is -2.40. The van der Waals surface area contributed by atoms with Crippen LogP contribution in [0.15, 0.2) is 5.16 Å². The second kappa shape index (κ2) is 8.45. The summed E-state index contributed by atoms with van der Waals surface area (Å²) in [5.74, 6) is 1.12. The maximum absolute atomic E-state index is 11.4. The molecule has 0 aliphatic carbocycles. The van der Waals surface area contributed by atoms with Crippen LogP contribution < -0.4 is 9.80 Å². The molecule has 2 aliphatic rings. The van der Waals surface area contributed by atoms with Gasteiger partial charge in [0.2, 0.25) is 11.9 Å². The lowest BCUT2D eigenvalue weighted by Gasteiger charge is -2.30. The fraction of sp³-hybridized carbons (Fsp3) is 0.714. The lowest BCUT2D eigenvalue weighted by molar-refractivity contribution is -0.137. The van der Waals surface area contributed by atoms with Crippen LogP contribution >= 0.6 is 11.8 Å². The van der Waals surface area contributed by atoms with Crippen LogP contribution in [-0.4, -0.2) is 86.4 Å². The first kappa shape index (κ1) is 17.2. The van der Waals surface area contributed by atoms with Gasteiger partial charge in [-0.25, -0.2) is 0 Å². The molecular weight excluding hydrogens is 334 g/mol. The Hall–Kier alpha value is -1.65. The molecule has 1 aromatic heterocycles. The molecule has 0 unspecified atom stereocenters. The van der Waals surface area contributed by atoms with Gasteiger partial charge >= 0.3 is 5.97 Å². The standard InChI is InChI=1S/C14H21N5O4S/c1-21-11(20)10-24-14-16-12(18-2-6-22-7-3-18)15-13(17-14)19-4-8-23-9-5-19/h2-10H2,1H3. The molecule has 2 fully saturated rings. The maximum Gasteiger partial charge on any atom is 0.316 e. The van der Waals surface area contributed by atoms with E-state index >= 15 is 0 Å². The van der Waals surface area contributed by atoms with Gasteiger partial charge in [0.15, 0.2) is 5.16 Å². The van der Waals surface area contributed by atoms with Crippen molar-refractivity contribution in [1.29, 1.82) is 0 Å². The molecule has 3 rings (SSSR count). The number of esters is 1. The summed E-state index contributed by atoms with van der Waals surface area (Å²) in [5, 5.41) is 0.526. The predicted molar refractivity (Wildman–Crippen MR) is 88.6 cm³/mol. The van der Waals surface area contributed by atoms with Crippen LogP contribution in [0.3, 0.4) is 0 Å². The molecule has 3 heterocycles. The van der Waals surface area contributed by atoms with Gasteiger partial charge in [0, 0.05) is 26.2 Å². The zero-order chi connectivity index (χ0) is 16.8. The number of nitrogens with zero attached hydrogens (tertiary/aromatic N) is 5. The summed E-state index contributed by atoms with van der Waals surface area (Å²) in [7, 11) is 1.37. The number of hydrogen-bond donors (Lipinski definition) is 0. The first-order chi connectivity index (χ1) is 11.8. The Kier molecular flexibility index (Phi) is 6.05. The van der Waals surface area contributed by atoms with Gasteiger partial charge in [0.25, 0.3) is 0 Å². The van der Waals surface area contributed by atoms with E-state index in [1.54, 1.807) is 0 Å². The third kappa shape index (κ3) is 4.46. The van der Waals surface area contributed by atoms with Gasteiger partial charge in [0.1, 0.15) is 0 Å². The molecule has 0 amide bonds. The number of carbonyl (C=O) groups is 1. The molecule has 10 heteroatoms. The highest BCUT2D eigenvalue weighted by Crippen LogP contribution is 2.22. The van der Waals surface area contributed by atoms with E-state index in [1.165, 1.54) is 18.9 Å². The fourth-order valence-corrected chi connectivity index (χ4v) is 3.05. The van der Waals surface area contributed by atoms with Crippen LogP contribution in [0.5, 0.6) is 0 Å². The van der Waals surface area contributed by atoms with Crippen LogP contribution in [0.25, 0.3) is 0 Å². The molecule has 0 bridgehead atoms. The molecule has 132 valence electrons. The molecule has 0 radical (unpaired) electrons. The Morgan fingerprint density at radius 3 is 1.96 bits per heavy atom. The fourth-order valence-electron chi connectivity index (χ4n) is 2.39. The molecule has 2 saturated heterocycles. The topological polar surface area (TPSA) is 89.9 Å². The highest BCUT2D eigenvalue weighted by molar-refractivity contribution is 7.99. The first-order valence-corrected chi connectivity index (χ1v) is 8.86.